The number of nitrogens with one attached hydrogen (secondary N) is 3. The number of aromatic nitrogens is 2. The Morgan fingerprint density at radius 2 is 1.93 bits per heavy atom. The van der Waals surface area contributed by atoms with E-state index in [1.165, 1.54) is 24.4 Å². The summed E-state index contributed by atoms with van der Waals surface area (Å²) in [6.07, 6.45) is 3.37. The van der Waals surface area contributed by atoms with Crippen LogP contribution in [0, 0.1) is 33.2 Å². The molecule has 1 saturated carbocycles. The van der Waals surface area contributed by atoms with Crippen LogP contribution >= 0.6 is 0 Å². The van der Waals surface area contributed by atoms with Crippen molar-refractivity contribution in [2.75, 3.05) is 0 Å². The number of nitro benzene ring substituents is 1. The Labute approximate surface area is 242 Å². The molecule has 3 N–H and O–H groups in total. The molecule has 0 saturated heterocycles. The van der Waals surface area contributed by atoms with Gasteiger partial charge in [-0.2, -0.15) is 5.26 Å². The molecule has 220 valence electrons. The molecule has 1 atom stereocenters. The monoisotopic (exact) mass is 576 g/mol. The normalized spacial score (nSPS) is 17.5. The third kappa shape index (κ3) is 7.69. The van der Waals surface area contributed by atoms with Crippen molar-refractivity contribution in [2.24, 2.45) is 5.92 Å². The molecule has 4 rings (SSSR count). The molecule has 12 heteroatoms. The van der Waals surface area contributed by atoms with Crippen LogP contribution in [-0.2, 0) is 16.0 Å². The van der Waals surface area contributed by atoms with Crippen LogP contribution in [0.4, 0.5) is 14.9 Å². The Morgan fingerprint density at radius 3 is 2.57 bits per heavy atom. The van der Waals surface area contributed by atoms with Crippen LogP contribution < -0.4 is 10.6 Å². The van der Waals surface area contributed by atoms with E-state index < -0.39 is 28.5 Å². The SMILES string of the molecule is CC(C)(C)OC(=O)NC1CCC(C(=O)N[C@@H](Cc2ccccc2[N+](=O)[O-])c2ncc(-c3ccc(C#N)c(F)c3)[nH]2)CC1. The number of imidazole rings is 1. The third-order valence-corrected chi connectivity index (χ3v) is 7.07. The number of H-pyrrole nitrogens is 1. The average Bonchev–Trinajstić information content (AvgIpc) is 3.42. The fourth-order valence-electron chi connectivity index (χ4n) is 4.99. The second kappa shape index (κ2) is 12.8. The molecule has 0 bridgehead atoms. The van der Waals surface area contributed by atoms with Gasteiger partial charge in [0.25, 0.3) is 5.69 Å². The van der Waals surface area contributed by atoms with Crippen molar-refractivity contribution >= 4 is 17.7 Å². The fourth-order valence-corrected chi connectivity index (χ4v) is 4.99. The summed E-state index contributed by atoms with van der Waals surface area (Å²) in [4.78, 5) is 44.3. The van der Waals surface area contributed by atoms with Gasteiger partial charge in [-0.05, 0) is 58.6 Å². The number of benzene rings is 2. The van der Waals surface area contributed by atoms with E-state index in [2.05, 4.69) is 20.6 Å². The molecule has 2 aromatic carbocycles. The molecule has 0 radical (unpaired) electrons. The summed E-state index contributed by atoms with van der Waals surface area (Å²) in [6.45, 7) is 5.37. The number of carbonyl (C=O) groups is 2. The van der Waals surface area contributed by atoms with Crippen LogP contribution in [0.2, 0.25) is 0 Å². The topological polar surface area (TPSA) is 163 Å². The van der Waals surface area contributed by atoms with Gasteiger partial charge in [-0.15, -0.1) is 0 Å². The summed E-state index contributed by atoms with van der Waals surface area (Å²) in [5, 5.41) is 26.6. The molecule has 42 heavy (non-hydrogen) atoms. The number of alkyl carbamates (subject to hydrolysis) is 1. The van der Waals surface area contributed by atoms with E-state index in [4.69, 9.17) is 10.00 Å². The van der Waals surface area contributed by atoms with E-state index in [9.17, 15) is 24.1 Å². The third-order valence-electron chi connectivity index (χ3n) is 7.07. The van der Waals surface area contributed by atoms with Crippen molar-refractivity contribution in [1.29, 1.82) is 5.26 Å². The zero-order valence-corrected chi connectivity index (χ0v) is 23.6. The predicted molar refractivity (Wildman–Crippen MR) is 151 cm³/mol. The van der Waals surface area contributed by atoms with Gasteiger partial charge in [0, 0.05) is 35.6 Å². The van der Waals surface area contributed by atoms with Crippen LogP contribution in [0.1, 0.15) is 69.4 Å². The summed E-state index contributed by atoms with van der Waals surface area (Å²) in [6, 6.07) is 11.4. The quantitative estimate of drug-likeness (QED) is 0.236. The first kappa shape index (κ1) is 30.2. The first-order valence-electron chi connectivity index (χ1n) is 13.7. The minimum Gasteiger partial charge on any atom is -0.444 e. The minimum atomic E-state index is -0.742. The maximum atomic E-state index is 14.2. The Bertz CT molecular complexity index is 1500. The number of nitriles is 1. The zero-order chi connectivity index (χ0) is 30.4. The van der Waals surface area contributed by atoms with Crippen LogP contribution in [0.15, 0.2) is 48.7 Å². The van der Waals surface area contributed by atoms with E-state index >= 15 is 0 Å². The van der Waals surface area contributed by atoms with Gasteiger partial charge in [0.15, 0.2) is 0 Å². The van der Waals surface area contributed by atoms with E-state index in [1.54, 1.807) is 51.1 Å². The van der Waals surface area contributed by atoms with Crippen molar-refractivity contribution in [3.05, 3.63) is 81.5 Å². The lowest BCUT2D eigenvalue weighted by atomic mass is 9.85. The second-order valence-corrected chi connectivity index (χ2v) is 11.3. The lowest BCUT2D eigenvalue weighted by molar-refractivity contribution is -0.385. The van der Waals surface area contributed by atoms with Gasteiger partial charge in [0.2, 0.25) is 5.91 Å². The molecular weight excluding hydrogens is 543 g/mol. The van der Waals surface area contributed by atoms with Gasteiger partial charge < -0.3 is 20.4 Å². The number of aromatic amines is 1. The van der Waals surface area contributed by atoms with Gasteiger partial charge in [-0.3, -0.25) is 14.9 Å². The number of ether oxygens (including phenoxy) is 1. The maximum Gasteiger partial charge on any atom is 0.407 e. The largest absolute Gasteiger partial charge is 0.444 e. The van der Waals surface area contributed by atoms with Crippen LogP contribution in [0.25, 0.3) is 11.3 Å². The number of hydrogen-bond acceptors (Lipinski definition) is 7. The molecule has 2 amide bonds. The lowest BCUT2D eigenvalue weighted by Crippen LogP contribution is -2.43. The molecule has 1 heterocycles. The molecule has 1 fully saturated rings. The highest BCUT2D eigenvalue weighted by molar-refractivity contribution is 5.79. The van der Waals surface area contributed by atoms with Gasteiger partial charge in [-0.1, -0.05) is 24.3 Å². The summed E-state index contributed by atoms with van der Waals surface area (Å²) in [5.74, 6) is -0.872. The Hall–Kier alpha value is -4.79. The highest BCUT2D eigenvalue weighted by atomic mass is 19.1. The van der Waals surface area contributed by atoms with Gasteiger partial charge in [-0.25, -0.2) is 14.2 Å². The van der Waals surface area contributed by atoms with Crippen LogP contribution in [0.3, 0.4) is 0 Å². The summed E-state index contributed by atoms with van der Waals surface area (Å²) in [7, 11) is 0. The average molecular weight is 577 g/mol. The first-order valence-corrected chi connectivity index (χ1v) is 13.7. The van der Waals surface area contributed by atoms with Crippen molar-refractivity contribution in [1.82, 2.24) is 20.6 Å². The van der Waals surface area contributed by atoms with E-state index in [0.717, 1.165) is 0 Å². The number of nitro groups is 1. The molecule has 0 spiro atoms. The van der Waals surface area contributed by atoms with Gasteiger partial charge in [0.1, 0.15) is 23.3 Å². The smallest absolute Gasteiger partial charge is 0.407 e. The highest BCUT2D eigenvalue weighted by Gasteiger charge is 2.31. The van der Waals surface area contributed by atoms with Crippen molar-refractivity contribution in [3.63, 3.8) is 0 Å². The number of hydrogen-bond donors (Lipinski definition) is 3. The van der Waals surface area contributed by atoms with E-state index in [1.807, 2.05) is 0 Å². The number of amides is 2. The zero-order valence-electron chi connectivity index (χ0n) is 23.6. The standard InChI is InChI=1S/C30H33FN6O5/c1-30(2,3)42-29(39)34-22-12-10-18(11-13-22)28(38)36-24(15-20-6-4-5-7-26(20)37(40)41)27-33-17-25(35-27)19-8-9-21(16-32)23(31)14-19/h4-9,14,17-18,22,24H,10-13,15H2,1-3H3,(H,33,35)(H,34,39)(H,36,38)/t18?,22?,24-/m0/s1. The predicted octanol–water partition coefficient (Wildman–Crippen LogP) is 5.48. The Balaban J connectivity index is 1.50. The molecule has 11 nitrogen and oxygen atoms in total. The number of rotatable bonds is 8. The van der Waals surface area contributed by atoms with Gasteiger partial charge in [0.05, 0.1) is 28.4 Å². The van der Waals surface area contributed by atoms with E-state index in [0.29, 0.717) is 48.3 Å². The summed E-state index contributed by atoms with van der Waals surface area (Å²) >= 11 is 0. The van der Waals surface area contributed by atoms with Gasteiger partial charge >= 0.3 is 6.09 Å². The number of nitrogens with zero attached hydrogens (tertiary/aromatic N) is 3. The summed E-state index contributed by atoms with van der Waals surface area (Å²) < 4.78 is 19.6. The Morgan fingerprint density at radius 1 is 1.21 bits per heavy atom. The van der Waals surface area contributed by atoms with E-state index in [-0.39, 0.29) is 35.5 Å². The van der Waals surface area contributed by atoms with Crippen molar-refractivity contribution in [2.45, 2.75) is 70.6 Å². The fraction of sp³-hybridized carbons (Fsp3) is 0.400. The highest BCUT2D eigenvalue weighted by Crippen LogP contribution is 2.29. The molecule has 1 aliphatic rings. The lowest BCUT2D eigenvalue weighted by Gasteiger charge is -2.30. The first-order chi connectivity index (χ1) is 19.9. The molecule has 1 aliphatic carbocycles. The molecule has 3 aromatic rings. The number of carbonyl (C=O) groups excluding carboxylic acids is 2. The van der Waals surface area contributed by atoms with Crippen molar-refractivity contribution < 1.29 is 23.6 Å². The molecule has 0 aliphatic heterocycles. The molecular formula is C30H33FN6O5. The van der Waals surface area contributed by atoms with Crippen LogP contribution in [-0.4, -0.2) is 38.5 Å². The summed E-state index contributed by atoms with van der Waals surface area (Å²) in [5.41, 5.74) is 0.563. The maximum absolute atomic E-state index is 14.2. The molecule has 0 unspecified atom stereocenters. The Kier molecular flexibility index (Phi) is 9.20. The minimum absolute atomic E-state index is 0.0774. The van der Waals surface area contributed by atoms with Crippen LogP contribution in [0.5, 0.6) is 0 Å². The number of halogens is 1. The number of para-hydroxylation sites is 1. The second-order valence-electron chi connectivity index (χ2n) is 11.3. The molecule has 1 aromatic heterocycles. The van der Waals surface area contributed by atoms with Crippen molar-refractivity contribution in [3.8, 4) is 17.3 Å².